The number of anilines is 2. The van der Waals surface area contributed by atoms with Crippen LogP contribution in [0.4, 0.5) is 11.4 Å². The molecule has 152 valence electrons. The number of aromatic nitrogens is 1. The fourth-order valence-corrected chi connectivity index (χ4v) is 3.95. The van der Waals surface area contributed by atoms with E-state index < -0.39 is 6.10 Å². The molecular formula is C24H22BrN3O2. The molecule has 2 heterocycles. The van der Waals surface area contributed by atoms with Crippen LogP contribution in [0.2, 0.25) is 0 Å². The number of pyridine rings is 1. The Balaban J connectivity index is 1.74. The number of halogens is 1. The van der Waals surface area contributed by atoms with E-state index in [9.17, 15) is 9.90 Å². The van der Waals surface area contributed by atoms with Crippen LogP contribution < -0.4 is 9.80 Å². The molecule has 0 bridgehead atoms. The number of hydrogen-bond acceptors (Lipinski definition) is 5. The van der Waals surface area contributed by atoms with E-state index in [0.717, 1.165) is 21.7 Å². The largest absolute Gasteiger partial charge is 0.383 e. The van der Waals surface area contributed by atoms with E-state index in [1.54, 1.807) is 12.3 Å². The van der Waals surface area contributed by atoms with Gasteiger partial charge in [-0.15, -0.1) is 0 Å². The van der Waals surface area contributed by atoms with Crippen LogP contribution in [0.25, 0.3) is 0 Å². The number of fused-ring (bicyclic) bond motifs is 1. The zero-order valence-corrected chi connectivity index (χ0v) is 18.4. The first-order chi connectivity index (χ1) is 14.4. The topological polar surface area (TPSA) is 56.7 Å². The highest BCUT2D eigenvalue weighted by molar-refractivity contribution is 9.10. The summed E-state index contributed by atoms with van der Waals surface area (Å²) in [5.74, 6) is -0.187. The average molecular weight is 464 g/mol. The molecule has 6 heteroatoms. The van der Waals surface area contributed by atoms with Crippen molar-refractivity contribution in [3.05, 3.63) is 99.9 Å². The van der Waals surface area contributed by atoms with Crippen molar-refractivity contribution < 1.29 is 9.90 Å². The quantitative estimate of drug-likeness (QED) is 0.437. The molecule has 0 amide bonds. The third-order valence-electron chi connectivity index (χ3n) is 5.12. The van der Waals surface area contributed by atoms with Crippen molar-refractivity contribution in [3.8, 4) is 0 Å². The van der Waals surface area contributed by atoms with E-state index in [2.05, 4.69) is 20.9 Å². The Bertz CT molecular complexity index is 1130. The first-order valence-electron chi connectivity index (χ1n) is 9.63. The van der Waals surface area contributed by atoms with Crippen LogP contribution in [-0.2, 0) is 6.54 Å². The first-order valence-corrected chi connectivity index (χ1v) is 10.4. The third-order valence-corrected chi connectivity index (χ3v) is 5.56. The second-order valence-electron chi connectivity index (χ2n) is 7.40. The summed E-state index contributed by atoms with van der Waals surface area (Å²) in [5, 5.41) is 11.0. The minimum absolute atomic E-state index is 0.187. The molecule has 0 aliphatic carbocycles. The van der Waals surface area contributed by atoms with Crippen LogP contribution in [0.1, 0.15) is 27.7 Å². The van der Waals surface area contributed by atoms with E-state index in [-0.39, 0.29) is 5.78 Å². The number of rotatable bonds is 5. The summed E-state index contributed by atoms with van der Waals surface area (Å²) < 4.78 is 0.756. The van der Waals surface area contributed by atoms with Gasteiger partial charge in [0.05, 0.1) is 12.2 Å². The predicted octanol–water partition coefficient (Wildman–Crippen LogP) is 4.73. The summed E-state index contributed by atoms with van der Waals surface area (Å²) in [6, 6.07) is 20.8. The summed E-state index contributed by atoms with van der Waals surface area (Å²) in [7, 11) is 3.86. The second kappa shape index (κ2) is 8.42. The molecular weight excluding hydrogens is 442 g/mol. The minimum Gasteiger partial charge on any atom is -0.383 e. The number of hydrogen-bond donors (Lipinski definition) is 1. The van der Waals surface area contributed by atoms with E-state index in [1.807, 2.05) is 84.6 Å². The van der Waals surface area contributed by atoms with Gasteiger partial charge in [0, 0.05) is 48.4 Å². The molecule has 2 aromatic carbocycles. The molecule has 5 nitrogen and oxygen atoms in total. The fraction of sp³-hybridized carbons (Fsp3) is 0.167. The lowest BCUT2D eigenvalue weighted by molar-refractivity contribution is 0.0985. The highest BCUT2D eigenvalue weighted by atomic mass is 79.9. The number of carbonyl (C=O) groups is 1. The Hall–Kier alpha value is -2.96. The zero-order chi connectivity index (χ0) is 21.3. The summed E-state index contributed by atoms with van der Waals surface area (Å²) in [5.41, 5.74) is 4.26. The number of aliphatic hydroxyl groups excluding tert-OH is 1. The smallest absolute Gasteiger partial charge is 0.193 e. The molecule has 1 unspecified atom stereocenters. The summed E-state index contributed by atoms with van der Waals surface area (Å²) in [6.07, 6.45) is 0.767. The van der Waals surface area contributed by atoms with Gasteiger partial charge in [-0.3, -0.25) is 4.79 Å². The van der Waals surface area contributed by atoms with E-state index in [1.165, 1.54) is 0 Å². The maximum Gasteiger partial charge on any atom is 0.193 e. The Labute approximate surface area is 184 Å². The summed E-state index contributed by atoms with van der Waals surface area (Å²) in [6.45, 7) is 0.484. The number of ketones is 1. The molecule has 1 atom stereocenters. The molecule has 4 rings (SSSR count). The van der Waals surface area contributed by atoms with Gasteiger partial charge in [-0.05, 0) is 46.3 Å². The fourth-order valence-electron chi connectivity index (χ4n) is 3.57. The molecule has 30 heavy (non-hydrogen) atoms. The van der Waals surface area contributed by atoms with Gasteiger partial charge in [-0.2, -0.15) is 0 Å². The number of carbonyl (C=O) groups excluding carboxylic acids is 1. The maximum atomic E-state index is 13.4. The van der Waals surface area contributed by atoms with Crippen LogP contribution in [0.15, 0.2) is 83.1 Å². The Morgan fingerprint density at radius 3 is 2.63 bits per heavy atom. The van der Waals surface area contributed by atoms with Gasteiger partial charge in [0.2, 0.25) is 0 Å². The van der Waals surface area contributed by atoms with Crippen molar-refractivity contribution in [2.75, 3.05) is 23.9 Å². The lowest BCUT2D eigenvalue weighted by atomic mass is 9.91. The highest BCUT2D eigenvalue weighted by Crippen LogP contribution is 2.38. The minimum atomic E-state index is -0.983. The van der Waals surface area contributed by atoms with Crippen molar-refractivity contribution in [3.63, 3.8) is 0 Å². The van der Waals surface area contributed by atoms with Crippen LogP contribution in [0.3, 0.4) is 0 Å². The number of aliphatic hydroxyl groups is 1. The molecule has 1 N–H and O–H groups in total. The van der Waals surface area contributed by atoms with E-state index >= 15 is 0 Å². The van der Waals surface area contributed by atoms with Gasteiger partial charge >= 0.3 is 0 Å². The number of benzene rings is 2. The lowest BCUT2D eigenvalue weighted by Gasteiger charge is -2.32. The first kappa shape index (κ1) is 20.3. The van der Waals surface area contributed by atoms with Gasteiger partial charge < -0.3 is 14.9 Å². The number of nitrogens with zero attached hydrogens (tertiary/aromatic N) is 3. The molecule has 0 spiro atoms. The van der Waals surface area contributed by atoms with Crippen LogP contribution in [0.5, 0.6) is 0 Å². The normalized spacial score (nSPS) is 15.4. The molecule has 1 aromatic heterocycles. The van der Waals surface area contributed by atoms with Gasteiger partial charge in [-0.1, -0.05) is 36.4 Å². The highest BCUT2D eigenvalue weighted by Gasteiger charge is 2.30. The maximum absolute atomic E-state index is 13.4. The van der Waals surface area contributed by atoms with Gasteiger partial charge in [0.1, 0.15) is 10.7 Å². The lowest BCUT2D eigenvalue weighted by Crippen LogP contribution is -2.27. The van der Waals surface area contributed by atoms with Crippen LogP contribution in [-0.4, -0.2) is 30.0 Å². The molecule has 1 aliphatic rings. The third kappa shape index (κ3) is 4.01. The molecule has 0 saturated heterocycles. The Kier molecular flexibility index (Phi) is 5.70. The van der Waals surface area contributed by atoms with Gasteiger partial charge in [0.15, 0.2) is 5.78 Å². The molecule has 0 radical (unpaired) electrons. The second-order valence-corrected chi connectivity index (χ2v) is 8.21. The molecule has 0 saturated carbocycles. The van der Waals surface area contributed by atoms with E-state index in [4.69, 9.17) is 0 Å². The standard InChI is InChI=1S/C24H22BrN3O2/c1-27(2)18-9-5-7-16(13-18)23(29)20-15-28(14-17-8-6-12-22(25)26-17)21-11-4-3-10-19(21)24(20)30/h3-13,15,24,30H,14H2,1-2H3. The average Bonchev–Trinajstić information content (AvgIpc) is 2.75. The Morgan fingerprint density at radius 1 is 1.10 bits per heavy atom. The van der Waals surface area contributed by atoms with Gasteiger partial charge in [0.25, 0.3) is 0 Å². The summed E-state index contributed by atoms with van der Waals surface area (Å²) in [4.78, 5) is 21.8. The van der Waals surface area contributed by atoms with Crippen molar-refractivity contribution in [2.24, 2.45) is 0 Å². The van der Waals surface area contributed by atoms with Crippen molar-refractivity contribution in [1.29, 1.82) is 0 Å². The predicted molar refractivity (Wildman–Crippen MR) is 123 cm³/mol. The van der Waals surface area contributed by atoms with Crippen molar-refractivity contribution in [2.45, 2.75) is 12.6 Å². The molecule has 1 aliphatic heterocycles. The number of para-hydroxylation sites is 1. The Morgan fingerprint density at radius 2 is 1.87 bits per heavy atom. The monoisotopic (exact) mass is 463 g/mol. The molecule has 0 fully saturated rings. The van der Waals surface area contributed by atoms with Crippen LogP contribution in [0, 0.1) is 0 Å². The SMILES string of the molecule is CN(C)c1cccc(C(=O)C2=CN(Cc3cccc(Br)n3)c3ccccc3C2O)c1. The number of Topliss-reactive ketones (excluding diaryl/α,β-unsaturated/α-hetero) is 1. The molecule has 3 aromatic rings. The van der Waals surface area contributed by atoms with Gasteiger partial charge in [-0.25, -0.2) is 4.98 Å². The zero-order valence-electron chi connectivity index (χ0n) is 16.8. The summed E-state index contributed by atoms with van der Waals surface area (Å²) >= 11 is 3.41. The van der Waals surface area contributed by atoms with E-state index in [0.29, 0.717) is 23.2 Å². The van der Waals surface area contributed by atoms with Crippen molar-refractivity contribution >= 4 is 33.1 Å². The van der Waals surface area contributed by atoms with Crippen LogP contribution >= 0.6 is 15.9 Å². The van der Waals surface area contributed by atoms with Crippen molar-refractivity contribution in [1.82, 2.24) is 4.98 Å².